The summed E-state index contributed by atoms with van der Waals surface area (Å²) in [7, 11) is 1.72. The predicted molar refractivity (Wildman–Crippen MR) is 83.7 cm³/mol. The lowest BCUT2D eigenvalue weighted by Crippen LogP contribution is -2.25. The van der Waals surface area contributed by atoms with Crippen LogP contribution < -0.4 is 4.74 Å². The first kappa shape index (κ1) is 15.0. The second-order valence-corrected chi connectivity index (χ2v) is 5.77. The average Bonchev–Trinajstić information content (AvgIpc) is 3.17. The molecule has 0 amide bonds. The molecule has 3 rings (SSSR count). The zero-order valence-corrected chi connectivity index (χ0v) is 13.3. The van der Waals surface area contributed by atoms with Gasteiger partial charge in [-0.2, -0.15) is 0 Å². The normalized spacial score (nSPS) is 18.7. The lowest BCUT2D eigenvalue weighted by molar-refractivity contribution is 0.246. The zero-order valence-electron chi connectivity index (χ0n) is 13.3. The molecule has 1 saturated heterocycles. The number of tetrazole rings is 1. The van der Waals surface area contributed by atoms with Crippen LogP contribution in [-0.2, 0) is 6.54 Å². The van der Waals surface area contributed by atoms with E-state index in [0.717, 1.165) is 37.6 Å². The second kappa shape index (κ2) is 6.87. The average molecular weight is 301 g/mol. The first-order chi connectivity index (χ1) is 10.8. The topological polar surface area (TPSA) is 56.1 Å². The van der Waals surface area contributed by atoms with Crippen LogP contribution in [-0.4, -0.2) is 45.3 Å². The number of nitrogens with zero attached hydrogens (tertiary/aromatic N) is 5. The number of methoxy groups -OCH3 is 1. The number of likely N-dealkylation sites (tertiary alicyclic amines) is 1. The Hall–Kier alpha value is -1.95. The van der Waals surface area contributed by atoms with Gasteiger partial charge in [-0.3, -0.25) is 4.90 Å². The van der Waals surface area contributed by atoms with Crippen molar-refractivity contribution in [1.82, 2.24) is 25.1 Å². The molecule has 6 nitrogen and oxygen atoms in total. The van der Waals surface area contributed by atoms with Crippen LogP contribution in [0.4, 0.5) is 0 Å². The summed E-state index contributed by atoms with van der Waals surface area (Å²) in [6, 6.07) is 8.95. The minimum atomic E-state index is 0.505. The highest BCUT2D eigenvalue weighted by atomic mass is 16.5. The maximum atomic E-state index is 5.35. The highest BCUT2D eigenvalue weighted by molar-refractivity contribution is 5.31. The second-order valence-electron chi connectivity index (χ2n) is 5.77. The van der Waals surface area contributed by atoms with Gasteiger partial charge in [0, 0.05) is 19.1 Å². The van der Waals surface area contributed by atoms with E-state index in [1.165, 1.54) is 18.4 Å². The highest BCUT2D eigenvalue weighted by Crippen LogP contribution is 2.33. The Kier molecular flexibility index (Phi) is 4.68. The van der Waals surface area contributed by atoms with Crippen LogP contribution >= 0.6 is 0 Å². The van der Waals surface area contributed by atoms with Gasteiger partial charge in [0.25, 0.3) is 0 Å². The minimum absolute atomic E-state index is 0.505. The first-order valence-electron chi connectivity index (χ1n) is 7.88. The molecule has 1 aromatic carbocycles. The third-order valence-electron chi connectivity index (χ3n) is 4.37. The summed E-state index contributed by atoms with van der Waals surface area (Å²) in [6.07, 6.45) is 3.54. The molecule has 0 radical (unpaired) electrons. The predicted octanol–water partition coefficient (Wildman–Crippen LogP) is 2.22. The lowest BCUT2D eigenvalue weighted by Gasteiger charge is -2.25. The Morgan fingerprint density at radius 1 is 1.32 bits per heavy atom. The van der Waals surface area contributed by atoms with Crippen LogP contribution in [0.2, 0.25) is 0 Å². The van der Waals surface area contributed by atoms with Crippen LogP contribution in [0.25, 0.3) is 0 Å². The molecule has 0 bridgehead atoms. The summed E-state index contributed by atoms with van der Waals surface area (Å²) in [5.74, 6) is 1.82. The van der Waals surface area contributed by atoms with Gasteiger partial charge in [-0.05, 0) is 60.9 Å². The fraction of sp³-hybridized carbons (Fsp3) is 0.562. The number of aromatic nitrogens is 4. The number of rotatable bonds is 6. The number of aryl methyl sites for hydroxylation is 2. The van der Waals surface area contributed by atoms with Crippen LogP contribution in [0.3, 0.4) is 0 Å². The fourth-order valence-corrected chi connectivity index (χ4v) is 3.20. The number of hydrogen-bond donors (Lipinski definition) is 0. The van der Waals surface area contributed by atoms with Gasteiger partial charge in [-0.15, -0.1) is 5.10 Å². The van der Waals surface area contributed by atoms with E-state index >= 15 is 0 Å². The smallest absolute Gasteiger partial charge is 0.148 e. The molecule has 0 spiro atoms. The first-order valence-corrected chi connectivity index (χ1v) is 7.88. The third-order valence-corrected chi connectivity index (χ3v) is 4.37. The molecule has 1 aliphatic heterocycles. The molecule has 1 aliphatic rings. The minimum Gasteiger partial charge on any atom is -0.497 e. The van der Waals surface area contributed by atoms with Crippen molar-refractivity contribution in [3.8, 4) is 5.75 Å². The third kappa shape index (κ3) is 3.27. The van der Waals surface area contributed by atoms with E-state index < -0.39 is 0 Å². The van der Waals surface area contributed by atoms with E-state index in [0.29, 0.717) is 6.04 Å². The summed E-state index contributed by atoms with van der Waals surface area (Å²) < 4.78 is 7.22. The molecule has 1 aromatic heterocycles. The molecule has 22 heavy (non-hydrogen) atoms. The Labute approximate surface area is 131 Å². The van der Waals surface area contributed by atoms with Gasteiger partial charge in [-0.25, -0.2) is 4.68 Å². The van der Waals surface area contributed by atoms with Gasteiger partial charge in [0.15, 0.2) is 0 Å². The van der Waals surface area contributed by atoms with Crippen LogP contribution in [0.15, 0.2) is 24.3 Å². The SMILES string of the molecule is COc1cccc([C@H]2CCCN2CCCn2nnnc2C)c1. The van der Waals surface area contributed by atoms with Crippen molar-refractivity contribution >= 4 is 0 Å². The summed E-state index contributed by atoms with van der Waals surface area (Å²) in [6.45, 7) is 5.05. The Morgan fingerprint density at radius 2 is 2.23 bits per heavy atom. The molecule has 1 atom stereocenters. The molecule has 118 valence electrons. The van der Waals surface area contributed by atoms with Crippen LogP contribution in [0, 0.1) is 6.92 Å². The molecule has 0 N–H and O–H groups in total. The molecule has 2 heterocycles. The van der Waals surface area contributed by atoms with Gasteiger partial charge in [0.05, 0.1) is 7.11 Å². The van der Waals surface area contributed by atoms with Crippen molar-refractivity contribution in [2.75, 3.05) is 20.2 Å². The van der Waals surface area contributed by atoms with Gasteiger partial charge in [0.1, 0.15) is 11.6 Å². The molecule has 6 heteroatoms. The van der Waals surface area contributed by atoms with Gasteiger partial charge in [0.2, 0.25) is 0 Å². The Morgan fingerprint density at radius 3 is 3.00 bits per heavy atom. The van der Waals surface area contributed by atoms with Gasteiger partial charge in [-0.1, -0.05) is 12.1 Å². The number of benzene rings is 1. The van der Waals surface area contributed by atoms with E-state index in [1.54, 1.807) is 7.11 Å². The van der Waals surface area contributed by atoms with Crippen molar-refractivity contribution in [2.24, 2.45) is 0 Å². The van der Waals surface area contributed by atoms with E-state index in [4.69, 9.17) is 4.74 Å². The fourth-order valence-electron chi connectivity index (χ4n) is 3.20. The molecule has 0 unspecified atom stereocenters. The largest absolute Gasteiger partial charge is 0.497 e. The van der Waals surface area contributed by atoms with Crippen molar-refractivity contribution in [3.63, 3.8) is 0 Å². The molecule has 0 aliphatic carbocycles. The maximum Gasteiger partial charge on any atom is 0.148 e. The summed E-state index contributed by atoms with van der Waals surface area (Å²) in [4.78, 5) is 2.56. The monoisotopic (exact) mass is 301 g/mol. The Bertz CT molecular complexity index is 612. The molecule has 2 aromatic rings. The summed E-state index contributed by atoms with van der Waals surface area (Å²) >= 11 is 0. The molecular weight excluding hydrogens is 278 g/mol. The quantitative estimate of drug-likeness (QED) is 0.819. The molecular formula is C16H23N5O. The van der Waals surface area contributed by atoms with Gasteiger partial charge >= 0.3 is 0 Å². The van der Waals surface area contributed by atoms with Crippen molar-refractivity contribution in [1.29, 1.82) is 0 Å². The summed E-state index contributed by atoms with van der Waals surface area (Å²) in [5, 5.41) is 11.6. The number of hydrogen-bond acceptors (Lipinski definition) is 5. The maximum absolute atomic E-state index is 5.35. The molecule has 1 fully saturated rings. The van der Waals surface area contributed by atoms with E-state index in [-0.39, 0.29) is 0 Å². The van der Waals surface area contributed by atoms with E-state index in [1.807, 2.05) is 17.7 Å². The van der Waals surface area contributed by atoms with Crippen LogP contribution in [0.1, 0.15) is 36.7 Å². The van der Waals surface area contributed by atoms with E-state index in [2.05, 4.69) is 38.6 Å². The van der Waals surface area contributed by atoms with Crippen molar-refractivity contribution < 1.29 is 4.74 Å². The van der Waals surface area contributed by atoms with E-state index in [9.17, 15) is 0 Å². The summed E-state index contributed by atoms with van der Waals surface area (Å²) in [5.41, 5.74) is 1.36. The highest BCUT2D eigenvalue weighted by Gasteiger charge is 2.25. The van der Waals surface area contributed by atoms with Crippen LogP contribution in [0.5, 0.6) is 5.75 Å². The standard InChI is InChI=1S/C16H23N5O/c1-13-17-18-19-21(13)11-5-10-20-9-4-8-16(20)14-6-3-7-15(12-14)22-2/h3,6-7,12,16H,4-5,8-11H2,1-2H3/t16-/m1/s1. The van der Waals surface area contributed by atoms with Gasteiger partial charge < -0.3 is 4.74 Å². The zero-order chi connectivity index (χ0) is 15.4. The van der Waals surface area contributed by atoms with Crippen molar-refractivity contribution in [3.05, 3.63) is 35.7 Å². The Balaban J connectivity index is 1.59. The lowest BCUT2D eigenvalue weighted by atomic mass is 10.0. The number of ether oxygens (including phenoxy) is 1. The molecule has 0 saturated carbocycles. The van der Waals surface area contributed by atoms with Crippen molar-refractivity contribution in [2.45, 2.75) is 38.8 Å².